The molecule has 2 fully saturated rings. The molecule has 0 bridgehead atoms. The highest BCUT2D eigenvalue weighted by molar-refractivity contribution is 9.10. The summed E-state index contributed by atoms with van der Waals surface area (Å²) in [5.41, 5.74) is 3.53. The summed E-state index contributed by atoms with van der Waals surface area (Å²) in [4.78, 5) is 12.2. The van der Waals surface area contributed by atoms with Crippen LogP contribution in [0, 0.1) is 17.8 Å². The number of fused-ring (bicyclic) bond motifs is 2. The maximum Gasteiger partial charge on any atom is 0.243 e. The summed E-state index contributed by atoms with van der Waals surface area (Å²) < 4.78 is 11.5. The van der Waals surface area contributed by atoms with Crippen LogP contribution in [0.4, 0.5) is 0 Å². The third-order valence-electron chi connectivity index (χ3n) is 4.83. The number of hydrogen-bond acceptors (Lipinski definition) is 4. The number of hydrogen-bond donors (Lipinski definition) is 1. The minimum Gasteiger partial charge on any atom is -0.454 e. The zero-order valence-corrected chi connectivity index (χ0v) is 13.6. The largest absolute Gasteiger partial charge is 0.454 e. The van der Waals surface area contributed by atoms with Crippen LogP contribution in [0.2, 0.25) is 0 Å². The summed E-state index contributed by atoms with van der Waals surface area (Å²) in [5, 5.41) is 4.10. The van der Waals surface area contributed by atoms with Gasteiger partial charge in [-0.2, -0.15) is 5.10 Å². The molecule has 6 heteroatoms. The molecule has 1 heterocycles. The van der Waals surface area contributed by atoms with Crippen LogP contribution in [0.1, 0.15) is 31.2 Å². The van der Waals surface area contributed by atoms with Gasteiger partial charge in [-0.3, -0.25) is 4.79 Å². The van der Waals surface area contributed by atoms with Crippen molar-refractivity contribution in [2.24, 2.45) is 22.9 Å². The van der Waals surface area contributed by atoms with Gasteiger partial charge in [-0.05, 0) is 52.7 Å². The molecular formula is C16H17BrN2O3. The van der Waals surface area contributed by atoms with Crippen molar-refractivity contribution in [2.45, 2.75) is 25.7 Å². The molecule has 1 unspecified atom stereocenters. The zero-order valence-electron chi connectivity index (χ0n) is 12.0. The fraction of sp³-hybridized carbons (Fsp3) is 0.500. The highest BCUT2D eigenvalue weighted by Crippen LogP contribution is 2.55. The van der Waals surface area contributed by atoms with E-state index in [4.69, 9.17) is 9.47 Å². The third-order valence-corrected chi connectivity index (χ3v) is 5.52. The Morgan fingerprint density at radius 2 is 1.91 bits per heavy atom. The van der Waals surface area contributed by atoms with E-state index in [1.807, 2.05) is 12.1 Å². The number of amides is 1. The number of carbonyl (C=O) groups excluding carboxylic acids is 1. The van der Waals surface area contributed by atoms with Crippen molar-refractivity contribution in [1.29, 1.82) is 0 Å². The van der Waals surface area contributed by atoms with Crippen molar-refractivity contribution in [3.63, 3.8) is 0 Å². The fourth-order valence-electron chi connectivity index (χ4n) is 3.65. The standard InChI is InChI=1S/C16H17BrN2O3/c17-12-6-14-13(21-8-22-14)5-9(12)7-18-19-16(20)15-10-3-1-2-4-11(10)15/h5-7,10-11,15H,1-4,8H2,(H,19,20)/b18-7-/t10-,11+,15?. The monoisotopic (exact) mass is 364 g/mol. The second kappa shape index (κ2) is 5.57. The maximum absolute atomic E-state index is 12.2. The number of benzene rings is 1. The van der Waals surface area contributed by atoms with E-state index >= 15 is 0 Å². The van der Waals surface area contributed by atoms with Crippen LogP contribution in [0.5, 0.6) is 11.5 Å². The summed E-state index contributed by atoms with van der Waals surface area (Å²) in [6, 6.07) is 3.69. The van der Waals surface area contributed by atoms with Crippen LogP contribution in [0.3, 0.4) is 0 Å². The Labute approximate surface area is 137 Å². The number of nitrogens with one attached hydrogen (secondary N) is 1. The number of hydrazone groups is 1. The molecule has 1 aromatic carbocycles. The van der Waals surface area contributed by atoms with E-state index in [2.05, 4.69) is 26.5 Å². The number of nitrogens with zero attached hydrogens (tertiary/aromatic N) is 1. The zero-order chi connectivity index (χ0) is 15.1. The van der Waals surface area contributed by atoms with Crippen molar-refractivity contribution >= 4 is 28.1 Å². The van der Waals surface area contributed by atoms with Crippen LogP contribution < -0.4 is 14.9 Å². The molecule has 3 aliphatic rings. The second-order valence-electron chi connectivity index (χ2n) is 6.10. The predicted octanol–water partition coefficient (Wildman–Crippen LogP) is 3.06. The first kappa shape index (κ1) is 14.1. The molecule has 3 atom stereocenters. The first-order valence-corrected chi connectivity index (χ1v) is 8.45. The first-order valence-electron chi connectivity index (χ1n) is 7.66. The van der Waals surface area contributed by atoms with Gasteiger partial charge < -0.3 is 9.47 Å². The molecule has 0 spiro atoms. The number of carbonyl (C=O) groups is 1. The molecule has 1 N–H and O–H groups in total. The van der Waals surface area contributed by atoms with Gasteiger partial charge in [-0.25, -0.2) is 5.43 Å². The molecule has 1 aliphatic heterocycles. The fourth-order valence-corrected chi connectivity index (χ4v) is 4.08. The second-order valence-corrected chi connectivity index (χ2v) is 6.95. The molecule has 0 radical (unpaired) electrons. The molecule has 2 aliphatic carbocycles. The number of ether oxygens (including phenoxy) is 2. The van der Waals surface area contributed by atoms with Gasteiger partial charge in [0.25, 0.3) is 0 Å². The minimum atomic E-state index is 0.0602. The van der Waals surface area contributed by atoms with Crippen molar-refractivity contribution in [3.8, 4) is 11.5 Å². The number of halogens is 1. The van der Waals surface area contributed by atoms with Crippen molar-refractivity contribution in [1.82, 2.24) is 5.43 Å². The van der Waals surface area contributed by atoms with E-state index in [1.54, 1.807) is 6.21 Å². The Bertz CT molecular complexity index is 635. The molecular weight excluding hydrogens is 348 g/mol. The lowest BCUT2D eigenvalue weighted by molar-refractivity contribution is -0.122. The van der Waals surface area contributed by atoms with Gasteiger partial charge in [0.15, 0.2) is 11.5 Å². The van der Waals surface area contributed by atoms with Gasteiger partial charge in [0.1, 0.15) is 0 Å². The van der Waals surface area contributed by atoms with E-state index in [0.29, 0.717) is 17.6 Å². The SMILES string of the molecule is O=C(N/N=C\c1cc2c(cc1Br)OCO2)C1[C@H]2CCCC[C@@H]12. The maximum atomic E-state index is 12.2. The van der Waals surface area contributed by atoms with Gasteiger partial charge in [-0.1, -0.05) is 12.8 Å². The Balaban J connectivity index is 1.39. The Morgan fingerprint density at radius 3 is 2.64 bits per heavy atom. The van der Waals surface area contributed by atoms with Gasteiger partial charge >= 0.3 is 0 Å². The minimum absolute atomic E-state index is 0.0602. The third kappa shape index (κ3) is 2.49. The summed E-state index contributed by atoms with van der Waals surface area (Å²) in [6.07, 6.45) is 6.55. The summed E-state index contributed by atoms with van der Waals surface area (Å²) in [6.45, 7) is 0.240. The van der Waals surface area contributed by atoms with E-state index in [-0.39, 0.29) is 18.6 Å². The van der Waals surface area contributed by atoms with E-state index < -0.39 is 0 Å². The topological polar surface area (TPSA) is 59.9 Å². The van der Waals surface area contributed by atoms with Crippen LogP contribution in [-0.4, -0.2) is 18.9 Å². The summed E-state index contributed by atoms with van der Waals surface area (Å²) >= 11 is 3.47. The first-order chi connectivity index (χ1) is 10.7. The summed E-state index contributed by atoms with van der Waals surface area (Å²) in [5.74, 6) is 2.85. The van der Waals surface area contributed by atoms with Crippen LogP contribution in [0.15, 0.2) is 21.7 Å². The van der Waals surface area contributed by atoms with E-state index in [0.717, 1.165) is 15.8 Å². The predicted molar refractivity (Wildman–Crippen MR) is 84.9 cm³/mol. The van der Waals surface area contributed by atoms with Crippen LogP contribution in [-0.2, 0) is 4.79 Å². The molecule has 4 rings (SSSR count). The highest BCUT2D eigenvalue weighted by atomic mass is 79.9. The molecule has 2 saturated carbocycles. The van der Waals surface area contributed by atoms with Gasteiger partial charge in [0.2, 0.25) is 12.7 Å². The highest BCUT2D eigenvalue weighted by Gasteiger charge is 2.54. The van der Waals surface area contributed by atoms with E-state index in [1.165, 1.54) is 25.7 Å². The molecule has 5 nitrogen and oxygen atoms in total. The van der Waals surface area contributed by atoms with Gasteiger partial charge in [0, 0.05) is 16.0 Å². The molecule has 22 heavy (non-hydrogen) atoms. The average molecular weight is 365 g/mol. The smallest absolute Gasteiger partial charge is 0.243 e. The average Bonchev–Trinajstić information content (AvgIpc) is 3.09. The van der Waals surface area contributed by atoms with Crippen molar-refractivity contribution < 1.29 is 14.3 Å². The van der Waals surface area contributed by atoms with Gasteiger partial charge in [0.05, 0.1) is 6.21 Å². The Hall–Kier alpha value is -1.56. The normalized spacial score (nSPS) is 28.5. The lowest BCUT2D eigenvalue weighted by atomic mass is 10.0. The lowest BCUT2D eigenvalue weighted by Crippen LogP contribution is -2.20. The molecule has 0 aromatic heterocycles. The van der Waals surface area contributed by atoms with Crippen LogP contribution >= 0.6 is 15.9 Å². The Kier molecular flexibility index (Phi) is 3.56. The molecule has 1 amide bonds. The van der Waals surface area contributed by atoms with Crippen molar-refractivity contribution in [2.75, 3.05) is 6.79 Å². The lowest BCUT2D eigenvalue weighted by Gasteiger charge is -2.04. The Morgan fingerprint density at radius 1 is 1.23 bits per heavy atom. The molecule has 0 saturated heterocycles. The quantitative estimate of drug-likeness (QED) is 0.662. The summed E-state index contributed by atoms with van der Waals surface area (Å²) in [7, 11) is 0. The van der Waals surface area contributed by atoms with Crippen molar-refractivity contribution in [3.05, 3.63) is 22.2 Å². The van der Waals surface area contributed by atoms with Crippen LogP contribution in [0.25, 0.3) is 0 Å². The van der Waals surface area contributed by atoms with E-state index in [9.17, 15) is 4.79 Å². The van der Waals surface area contributed by atoms with Gasteiger partial charge in [-0.15, -0.1) is 0 Å². The number of rotatable bonds is 3. The molecule has 1 aromatic rings. The molecule has 116 valence electrons.